The Bertz CT molecular complexity index is 208. The molecule has 2 atom stereocenters. The van der Waals surface area contributed by atoms with Gasteiger partial charge in [-0.3, -0.25) is 0 Å². The Hall–Kier alpha value is -0.730. The molecule has 3 heteroatoms. The van der Waals surface area contributed by atoms with Crippen LogP contribution < -0.4 is 5.32 Å². The van der Waals surface area contributed by atoms with Crippen molar-refractivity contribution in [1.29, 1.82) is 0 Å². The van der Waals surface area contributed by atoms with Crippen LogP contribution in [0.4, 0.5) is 4.79 Å². The van der Waals surface area contributed by atoms with Crippen molar-refractivity contribution in [3.05, 3.63) is 0 Å². The number of hydrogen-bond acceptors (Lipinski definition) is 2. The van der Waals surface area contributed by atoms with Crippen LogP contribution in [-0.2, 0) is 4.74 Å². The van der Waals surface area contributed by atoms with Crippen LogP contribution in [0, 0.1) is 11.8 Å². The van der Waals surface area contributed by atoms with Crippen LogP contribution in [0.5, 0.6) is 0 Å². The van der Waals surface area contributed by atoms with E-state index in [1.807, 2.05) is 20.8 Å². The fourth-order valence-electron chi connectivity index (χ4n) is 1.57. The third kappa shape index (κ3) is 3.56. The Morgan fingerprint density at radius 2 is 2.07 bits per heavy atom. The number of nitrogens with one attached hydrogen (secondary N) is 1. The van der Waals surface area contributed by atoms with Crippen LogP contribution in [0.2, 0.25) is 0 Å². The highest BCUT2D eigenvalue weighted by Gasteiger charge is 2.27. The molecule has 0 spiro atoms. The van der Waals surface area contributed by atoms with Crippen LogP contribution in [0.15, 0.2) is 0 Å². The van der Waals surface area contributed by atoms with Crippen molar-refractivity contribution < 1.29 is 9.53 Å². The van der Waals surface area contributed by atoms with Gasteiger partial charge in [0.05, 0.1) is 0 Å². The monoisotopic (exact) mass is 199 g/mol. The van der Waals surface area contributed by atoms with E-state index in [0.29, 0.717) is 5.92 Å². The van der Waals surface area contributed by atoms with E-state index < -0.39 is 5.60 Å². The molecule has 82 valence electrons. The van der Waals surface area contributed by atoms with E-state index in [1.165, 1.54) is 12.8 Å². The van der Waals surface area contributed by atoms with E-state index in [9.17, 15) is 4.79 Å². The Morgan fingerprint density at radius 3 is 2.43 bits per heavy atom. The van der Waals surface area contributed by atoms with Crippen LogP contribution in [0.1, 0.15) is 40.5 Å². The van der Waals surface area contributed by atoms with Gasteiger partial charge < -0.3 is 10.1 Å². The molecule has 0 aromatic heterocycles. The van der Waals surface area contributed by atoms with Gasteiger partial charge in [-0.2, -0.15) is 0 Å². The molecule has 1 rings (SSSR count). The lowest BCUT2D eigenvalue weighted by atomic mass is 9.75. The first-order valence-corrected chi connectivity index (χ1v) is 5.35. The summed E-state index contributed by atoms with van der Waals surface area (Å²) in [5, 5.41) is 2.81. The first-order chi connectivity index (χ1) is 6.38. The molecule has 3 nitrogen and oxygen atoms in total. The molecule has 0 radical (unpaired) electrons. The van der Waals surface area contributed by atoms with Gasteiger partial charge in [0.25, 0.3) is 0 Å². The summed E-state index contributed by atoms with van der Waals surface area (Å²) in [6.07, 6.45) is 2.23. The third-order valence-corrected chi connectivity index (χ3v) is 2.71. The molecule has 1 N–H and O–H groups in total. The number of amides is 1. The van der Waals surface area contributed by atoms with Crippen molar-refractivity contribution in [2.75, 3.05) is 6.54 Å². The molecule has 0 aromatic carbocycles. The third-order valence-electron chi connectivity index (χ3n) is 2.71. The van der Waals surface area contributed by atoms with Crippen molar-refractivity contribution in [3.8, 4) is 0 Å². The second-order valence-corrected chi connectivity index (χ2v) is 5.20. The van der Waals surface area contributed by atoms with Crippen LogP contribution in [0.25, 0.3) is 0 Å². The minimum atomic E-state index is -0.394. The summed E-state index contributed by atoms with van der Waals surface area (Å²) in [5.74, 6) is 1.41. The molecule has 1 fully saturated rings. The van der Waals surface area contributed by atoms with E-state index in [2.05, 4.69) is 12.2 Å². The summed E-state index contributed by atoms with van der Waals surface area (Å²) in [5.41, 5.74) is -0.394. The number of hydrogen-bond donors (Lipinski definition) is 1. The molecule has 0 unspecified atom stereocenters. The van der Waals surface area contributed by atoms with Crippen LogP contribution in [0.3, 0.4) is 0 Å². The average molecular weight is 199 g/mol. The first-order valence-electron chi connectivity index (χ1n) is 5.35. The lowest BCUT2D eigenvalue weighted by molar-refractivity contribution is 0.0495. The maximum Gasteiger partial charge on any atom is 0.407 e. The number of alkyl carbamates (subject to hydrolysis) is 1. The maximum atomic E-state index is 11.3. The standard InChI is InChI=1S/C11H21NO2/c1-8-5-6-9(8)7-12-10(13)14-11(2,3)4/h8-9H,5-7H2,1-4H3,(H,12,13)/t8-,9-/m1/s1. The number of ether oxygens (including phenoxy) is 1. The summed E-state index contributed by atoms with van der Waals surface area (Å²) >= 11 is 0. The van der Waals surface area contributed by atoms with Crippen molar-refractivity contribution in [3.63, 3.8) is 0 Å². The van der Waals surface area contributed by atoms with Crippen molar-refractivity contribution in [2.24, 2.45) is 11.8 Å². The van der Waals surface area contributed by atoms with Gasteiger partial charge in [0, 0.05) is 6.54 Å². The Morgan fingerprint density at radius 1 is 1.43 bits per heavy atom. The topological polar surface area (TPSA) is 38.3 Å². The fraction of sp³-hybridized carbons (Fsp3) is 0.909. The molecule has 0 bridgehead atoms. The first kappa shape index (κ1) is 11.3. The smallest absolute Gasteiger partial charge is 0.407 e. The molecule has 0 aromatic rings. The zero-order chi connectivity index (χ0) is 10.8. The molecule has 1 saturated carbocycles. The van der Waals surface area contributed by atoms with Crippen LogP contribution >= 0.6 is 0 Å². The van der Waals surface area contributed by atoms with Crippen molar-refractivity contribution in [1.82, 2.24) is 5.32 Å². The van der Waals surface area contributed by atoms with E-state index in [-0.39, 0.29) is 6.09 Å². The summed E-state index contributed by atoms with van der Waals surface area (Å²) in [7, 11) is 0. The fourth-order valence-corrected chi connectivity index (χ4v) is 1.57. The molecule has 0 saturated heterocycles. The molecule has 1 amide bonds. The number of carbonyl (C=O) groups is 1. The van der Waals surface area contributed by atoms with E-state index >= 15 is 0 Å². The lowest BCUT2D eigenvalue weighted by Crippen LogP contribution is -2.39. The van der Waals surface area contributed by atoms with Gasteiger partial charge in [0.2, 0.25) is 0 Å². The summed E-state index contributed by atoms with van der Waals surface area (Å²) in [4.78, 5) is 11.3. The Balaban J connectivity index is 2.15. The zero-order valence-corrected chi connectivity index (χ0v) is 9.59. The molecule has 0 heterocycles. The van der Waals surface area contributed by atoms with Crippen molar-refractivity contribution in [2.45, 2.75) is 46.1 Å². The summed E-state index contributed by atoms with van der Waals surface area (Å²) in [6, 6.07) is 0. The average Bonchev–Trinajstić information content (AvgIpc) is 1.98. The molecule has 0 aliphatic heterocycles. The SMILES string of the molecule is C[C@@H]1CC[C@@H]1CNC(=O)OC(C)(C)C. The van der Waals surface area contributed by atoms with Crippen molar-refractivity contribution >= 4 is 6.09 Å². The lowest BCUT2D eigenvalue weighted by Gasteiger charge is -2.34. The highest BCUT2D eigenvalue weighted by atomic mass is 16.6. The maximum absolute atomic E-state index is 11.3. The second-order valence-electron chi connectivity index (χ2n) is 5.20. The predicted octanol–water partition coefficient (Wildman–Crippen LogP) is 2.56. The van der Waals surface area contributed by atoms with E-state index in [0.717, 1.165) is 12.5 Å². The quantitative estimate of drug-likeness (QED) is 0.742. The predicted molar refractivity (Wildman–Crippen MR) is 56.1 cm³/mol. The zero-order valence-electron chi connectivity index (χ0n) is 9.59. The number of rotatable bonds is 2. The highest BCUT2D eigenvalue weighted by molar-refractivity contribution is 5.67. The van der Waals surface area contributed by atoms with Gasteiger partial charge in [-0.05, 0) is 39.0 Å². The Kier molecular flexibility index (Phi) is 3.40. The Labute approximate surface area is 86.2 Å². The summed E-state index contributed by atoms with van der Waals surface area (Å²) in [6.45, 7) is 8.61. The van der Waals surface area contributed by atoms with Crippen LogP contribution in [-0.4, -0.2) is 18.2 Å². The minimum Gasteiger partial charge on any atom is -0.444 e. The van der Waals surface area contributed by atoms with E-state index in [1.54, 1.807) is 0 Å². The van der Waals surface area contributed by atoms with Gasteiger partial charge >= 0.3 is 6.09 Å². The highest BCUT2D eigenvalue weighted by Crippen LogP contribution is 2.32. The van der Waals surface area contributed by atoms with Gasteiger partial charge in [-0.25, -0.2) is 4.79 Å². The molecular formula is C11H21NO2. The van der Waals surface area contributed by atoms with Gasteiger partial charge in [-0.15, -0.1) is 0 Å². The second kappa shape index (κ2) is 4.20. The van der Waals surface area contributed by atoms with Gasteiger partial charge in [0.1, 0.15) is 5.60 Å². The van der Waals surface area contributed by atoms with Gasteiger partial charge in [-0.1, -0.05) is 13.3 Å². The normalized spacial score (nSPS) is 26.6. The molecular weight excluding hydrogens is 178 g/mol. The number of carbonyl (C=O) groups excluding carboxylic acids is 1. The van der Waals surface area contributed by atoms with E-state index in [4.69, 9.17) is 4.74 Å². The van der Waals surface area contributed by atoms with Gasteiger partial charge in [0.15, 0.2) is 0 Å². The molecule has 1 aliphatic rings. The molecule has 14 heavy (non-hydrogen) atoms. The minimum absolute atomic E-state index is 0.295. The molecule has 1 aliphatic carbocycles. The largest absolute Gasteiger partial charge is 0.444 e. The summed E-state index contributed by atoms with van der Waals surface area (Å²) < 4.78 is 5.14.